The number of hydrogen-bond donors (Lipinski definition) is 3. The molecule has 166 valence electrons. The number of amides is 1. The van der Waals surface area contributed by atoms with Crippen LogP contribution in [-0.2, 0) is 4.79 Å². The molecule has 2 aliphatic rings. The number of aryl methyl sites for hydroxylation is 2. The number of quaternary nitrogens is 1. The molecule has 4 atom stereocenters. The van der Waals surface area contributed by atoms with E-state index in [1.54, 1.807) is 7.11 Å². The zero-order valence-corrected chi connectivity index (χ0v) is 18.9. The summed E-state index contributed by atoms with van der Waals surface area (Å²) in [4.78, 5) is 14.3. The largest absolute Gasteiger partial charge is 0.496 e. The van der Waals surface area contributed by atoms with Gasteiger partial charge in [0.15, 0.2) is 6.54 Å². The second kappa shape index (κ2) is 9.01. The third-order valence-corrected chi connectivity index (χ3v) is 7.30. The lowest BCUT2D eigenvalue weighted by Gasteiger charge is -2.50. The molecule has 5 heteroatoms. The maximum absolute atomic E-state index is 13.1. The van der Waals surface area contributed by atoms with E-state index in [4.69, 9.17) is 4.74 Å². The lowest BCUT2D eigenvalue weighted by Crippen LogP contribution is -3.16. The third-order valence-electron chi connectivity index (χ3n) is 7.30. The molecule has 3 N–H and O–H groups in total. The molecule has 0 bridgehead atoms. The van der Waals surface area contributed by atoms with Crippen LogP contribution in [0.3, 0.4) is 0 Å². The van der Waals surface area contributed by atoms with Crippen LogP contribution in [0.15, 0.2) is 42.5 Å². The number of para-hydroxylation sites is 1. The fourth-order valence-electron chi connectivity index (χ4n) is 5.77. The molecular formula is C26H35N2O3+. The zero-order valence-electron chi connectivity index (χ0n) is 18.9. The van der Waals surface area contributed by atoms with Gasteiger partial charge in [0.2, 0.25) is 0 Å². The Hall–Kier alpha value is -2.37. The Morgan fingerprint density at radius 3 is 2.77 bits per heavy atom. The summed E-state index contributed by atoms with van der Waals surface area (Å²) in [5.41, 5.74) is 3.59. The van der Waals surface area contributed by atoms with Gasteiger partial charge < -0.3 is 20.1 Å². The molecule has 2 aromatic carbocycles. The van der Waals surface area contributed by atoms with E-state index in [2.05, 4.69) is 24.4 Å². The molecule has 0 spiro atoms. The van der Waals surface area contributed by atoms with Crippen molar-refractivity contribution in [3.8, 4) is 5.75 Å². The minimum atomic E-state index is -0.642. The maximum Gasteiger partial charge on any atom is 0.279 e. The molecule has 0 aromatic heterocycles. The first-order valence-corrected chi connectivity index (χ1v) is 11.5. The predicted octanol–water partition coefficient (Wildman–Crippen LogP) is 3.20. The molecule has 2 fully saturated rings. The monoisotopic (exact) mass is 423 g/mol. The molecular weight excluding hydrogens is 388 g/mol. The summed E-state index contributed by atoms with van der Waals surface area (Å²) in [6, 6.07) is 14.2. The number of fused-ring (bicyclic) bond motifs is 1. The van der Waals surface area contributed by atoms with Crippen LogP contribution in [0.2, 0.25) is 0 Å². The number of rotatable bonds is 5. The highest BCUT2D eigenvalue weighted by Crippen LogP contribution is 2.45. The van der Waals surface area contributed by atoms with E-state index >= 15 is 0 Å². The van der Waals surface area contributed by atoms with Gasteiger partial charge in [-0.1, -0.05) is 42.7 Å². The summed E-state index contributed by atoms with van der Waals surface area (Å²) in [7, 11) is 1.70. The van der Waals surface area contributed by atoms with E-state index in [1.165, 1.54) is 10.5 Å². The number of nitrogens with one attached hydrogen (secondary N) is 2. The minimum absolute atomic E-state index is 0.0168. The van der Waals surface area contributed by atoms with Crippen molar-refractivity contribution < 1.29 is 19.5 Å². The van der Waals surface area contributed by atoms with Crippen LogP contribution in [0.25, 0.3) is 0 Å². The van der Waals surface area contributed by atoms with Gasteiger partial charge in [0.25, 0.3) is 5.91 Å². The summed E-state index contributed by atoms with van der Waals surface area (Å²) in [6.45, 7) is 5.23. The third kappa shape index (κ3) is 4.48. The Morgan fingerprint density at radius 1 is 1.19 bits per heavy atom. The molecule has 1 unspecified atom stereocenters. The molecule has 1 heterocycles. The summed E-state index contributed by atoms with van der Waals surface area (Å²) in [5.74, 6) is 0.993. The second-order valence-electron chi connectivity index (χ2n) is 9.38. The van der Waals surface area contributed by atoms with Gasteiger partial charge in [-0.3, -0.25) is 4.79 Å². The molecule has 1 aliphatic carbocycles. The molecule has 4 rings (SSSR count). The summed E-state index contributed by atoms with van der Waals surface area (Å²) in [6.07, 6.45) is 4.79. The summed E-state index contributed by atoms with van der Waals surface area (Å²) >= 11 is 0. The van der Waals surface area contributed by atoms with E-state index in [0.29, 0.717) is 6.54 Å². The molecule has 31 heavy (non-hydrogen) atoms. The van der Waals surface area contributed by atoms with E-state index < -0.39 is 5.60 Å². The molecule has 2 aromatic rings. The number of benzene rings is 2. The van der Waals surface area contributed by atoms with E-state index in [9.17, 15) is 9.90 Å². The van der Waals surface area contributed by atoms with Crippen molar-refractivity contribution in [1.82, 2.24) is 0 Å². The Labute approximate surface area is 185 Å². The number of aliphatic hydroxyl groups is 1. The van der Waals surface area contributed by atoms with E-state index in [0.717, 1.165) is 61.2 Å². The van der Waals surface area contributed by atoms with Gasteiger partial charge in [0, 0.05) is 18.0 Å². The zero-order chi connectivity index (χ0) is 22.0. The molecule has 1 saturated carbocycles. The Morgan fingerprint density at radius 2 is 2.00 bits per heavy atom. The van der Waals surface area contributed by atoms with Crippen LogP contribution in [0.4, 0.5) is 5.69 Å². The van der Waals surface area contributed by atoms with Gasteiger partial charge in [-0.15, -0.1) is 0 Å². The predicted molar refractivity (Wildman–Crippen MR) is 123 cm³/mol. The van der Waals surface area contributed by atoms with Crippen molar-refractivity contribution in [2.24, 2.45) is 5.92 Å². The van der Waals surface area contributed by atoms with Crippen LogP contribution in [0.1, 0.15) is 54.8 Å². The van der Waals surface area contributed by atoms with E-state index in [1.807, 2.05) is 37.3 Å². The minimum Gasteiger partial charge on any atom is -0.496 e. The van der Waals surface area contributed by atoms with Gasteiger partial charge in [-0.25, -0.2) is 0 Å². The number of likely N-dealkylation sites (tertiary alicyclic amines) is 1. The number of carbonyl (C=O) groups excluding carboxylic acids is 1. The standard InChI is InChI=1S/C26H34N2O3/c1-18-11-12-22(19(2)16-18)27-24(29)17-28-15-14-26(30)13-7-6-9-21(26)25(28)20-8-4-5-10-23(20)31-3/h4-5,8,10-12,16,21,25,30H,6-7,9,13-15,17H2,1-3H3,(H,27,29)/p+1/t21-,25+,26+/m1/s1. The molecule has 1 aliphatic heterocycles. The Balaban J connectivity index is 1.61. The van der Waals surface area contributed by atoms with Crippen LogP contribution >= 0.6 is 0 Å². The van der Waals surface area contributed by atoms with Gasteiger partial charge in [-0.2, -0.15) is 0 Å². The first-order valence-electron chi connectivity index (χ1n) is 11.5. The van der Waals surface area contributed by atoms with Crippen LogP contribution < -0.4 is 15.0 Å². The van der Waals surface area contributed by atoms with Crippen LogP contribution in [0.5, 0.6) is 5.75 Å². The van der Waals surface area contributed by atoms with Crippen LogP contribution in [0, 0.1) is 19.8 Å². The lowest BCUT2D eigenvalue weighted by atomic mass is 9.66. The van der Waals surface area contributed by atoms with Crippen molar-refractivity contribution in [1.29, 1.82) is 0 Å². The SMILES string of the molecule is COc1ccccc1[C@H]1[C@H]2CCCC[C@]2(O)CC[NH+]1CC(=O)Nc1ccc(C)cc1C. The molecule has 1 saturated heterocycles. The lowest BCUT2D eigenvalue weighted by molar-refractivity contribution is -0.937. The topological polar surface area (TPSA) is 63.0 Å². The molecule has 1 amide bonds. The number of piperidine rings is 1. The highest BCUT2D eigenvalue weighted by atomic mass is 16.5. The smallest absolute Gasteiger partial charge is 0.279 e. The number of hydrogen-bond acceptors (Lipinski definition) is 3. The van der Waals surface area contributed by atoms with Crippen molar-refractivity contribution in [3.05, 3.63) is 59.2 Å². The summed E-state index contributed by atoms with van der Waals surface area (Å²) in [5, 5.41) is 14.6. The highest BCUT2D eigenvalue weighted by Gasteiger charge is 2.52. The Kier molecular flexibility index (Phi) is 6.35. The first kappa shape index (κ1) is 21.8. The van der Waals surface area contributed by atoms with E-state index in [-0.39, 0.29) is 17.9 Å². The fourth-order valence-corrected chi connectivity index (χ4v) is 5.77. The van der Waals surface area contributed by atoms with Gasteiger partial charge in [0.05, 0.1) is 24.8 Å². The number of anilines is 1. The normalized spacial score (nSPS) is 27.9. The second-order valence-corrected chi connectivity index (χ2v) is 9.38. The first-order chi connectivity index (χ1) is 14.9. The van der Waals surface area contributed by atoms with Gasteiger partial charge >= 0.3 is 0 Å². The summed E-state index contributed by atoms with van der Waals surface area (Å²) < 4.78 is 5.69. The highest BCUT2D eigenvalue weighted by molar-refractivity contribution is 5.92. The average molecular weight is 424 g/mol. The van der Waals surface area contributed by atoms with Crippen molar-refractivity contribution in [3.63, 3.8) is 0 Å². The Bertz CT molecular complexity index is 944. The fraction of sp³-hybridized carbons (Fsp3) is 0.500. The number of carbonyl (C=O) groups is 1. The number of methoxy groups -OCH3 is 1. The molecule has 0 radical (unpaired) electrons. The molecule has 5 nitrogen and oxygen atoms in total. The van der Waals surface area contributed by atoms with Crippen molar-refractivity contribution in [2.45, 2.75) is 57.6 Å². The maximum atomic E-state index is 13.1. The van der Waals surface area contributed by atoms with Gasteiger partial charge in [-0.05, 0) is 50.5 Å². The van der Waals surface area contributed by atoms with Crippen molar-refractivity contribution >= 4 is 11.6 Å². The average Bonchev–Trinajstić information content (AvgIpc) is 2.75. The van der Waals surface area contributed by atoms with Crippen LogP contribution in [-0.4, -0.2) is 36.8 Å². The number of ether oxygens (including phenoxy) is 1. The quantitative estimate of drug-likeness (QED) is 0.692. The van der Waals surface area contributed by atoms with Crippen molar-refractivity contribution in [2.75, 3.05) is 25.5 Å². The van der Waals surface area contributed by atoms with Gasteiger partial charge in [0.1, 0.15) is 11.8 Å².